The van der Waals surface area contributed by atoms with Crippen LogP contribution in [0.5, 0.6) is 0 Å². The van der Waals surface area contributed by atoms with E-state index in [9.17, 15) is 4.39 Å². The number of halogens is 1. The molecule has 0 amide bonds. The number of hydrogen-bond donors (Lipinski definition) is 0. The molecule has 1 aromatic carbocycles. The van der Waals surface area contributed by atoms with E-state index in [4.69, 9.17) is 0 Å². The number of hydrogen-bond acceptors (Lipinski definition) is 0. The molecule has 0 radical (unpaired) electrons. The van der Waals surface area contributed by atoms with Crippen molar-refractivity contribution in [3.8, 4) is 0 Å². The van der Waals surface area contributed by atoms with Crippen molar-refractivity contribution in [2.45, 2.75) is 57.8 Å². The number of allylic oxidation sites excluding steroid dienone is 2. The van der Waals surface area contributed by atoms with Gasteiger partial charge in [0.05, 0.1) is 0 Å². The predicted octanol–water partition coefficient (Wildman–Crippen LogP) is 5.85. The van der Waals surface area contributed by atoms with E-state index < -0.39 is 0 Å². The van der Waals surface area contributed by atoms with Gasteiger partial charge in [-0.2, -0.15) is 0 Å². The lowest BCUT2D eigenvalue weighted by molar-refractivity contribution is 0.247. The van der Waals surface area contributed by atoms with Gasteiger partial charge in [0.15, 0.2) is 0 Å². The summed E-state index contributed by atoms with van der Waals surface area (Å²) in [5.74, 6) is 2.26. The van der Waals surface area contributed by atoms with E-state index in [-0.39, 0.29) is 5.82 Å². The molecule has 0 nitrogen and oxygen atoms in total. The summed E-state index contributed by atoms with van der Waals surface area (Å²) in [4.78, 5) is 0. The smallest absolute Gasteiger partial charge is 0.123 e. The zero-order valence-electron chi connectivity index (χ0n) is 12.4. The molecule has 2 aliphatic carbocycles. The van der Waals surface area contributed by atoms with E-state index in [1.807, 2.05) is 12.1 Å². The monoisotopic (exact) mass is 272 g/mol. The van der Waals surface area contributed by atoms with Crippen molar-refractivity contribution in [1.29, 1.82) is 0 Å². The Balaban J connectivity index is 1.59. The van der Waals surface area contributed by atoms with Crippen LogP contribution < -0.4 is 0 Å². The summed E-state index contributed by atoms with van der Waals surface area (Å²) in [7, 11) is 0. The van der Waals surface area contributed by atoms with Gasteiger partial charge >= 0.3 is 0 Å². The van der Waals surface area contributed by atoms with Gasteiger partial charge < -0.3 is 0 Å². The Kier molecular flexibility index (Phi) is 4.24. The Labute approximate surface area is 122 Å². The third-order valence-corrected chi connectivity index (χ3v) is 5.33. The summed E-state index contributed by atoms with van der Waals surface area (Å²) in [5, 5.41) is 0. The van der Waals surface area contributed by atoms with Crippen LogP contribution in [0.1, 0.15) is 63.4 Å². The molecule has 1 heteroatoms. The fraction of sp³-hybridized carbons (Fsp3) is 0.579. The molecule has 1 aromatic rings. The van der Waals surface area contributed by atoms with Gasteiger partial charge in [-0.15, -0.1) is 0 Å². The second-order valence-electron chi connectivity index (χ2n) is 6.73. The lowest BCUT2D eigenvalue weighted by Crippen LogP contribution is -2.21. The highest BCUT2D eigenvalue weighted by Crippen LogP contribution is 2.42. The molecule has 20 heavy (non-hydrogen) atoms. The first kappa shape index (κ1) is 13.9. The molecular formula is C19H25F. The van der Waals surface area contributed by atoms with Gasteiger partial charge in [0.1, 0.15) is 5.82 Å². The molecule has 1 atom stereocenters. The molecule has 0 heterocycles. The highest BCUT2D eigenvalue weighted by atomic mass is 19.1. The van der Waals surface area contributed by atoms with E-state index in [1.165, 1.54) is 50.5 Å². The first-order chi connectivity index (χ1) is 9.72. The molecule has 3 rings (SSSR count). The fourth-order valence-electron chi connectivity index (χ4n) is 4.14. The molecule has 0 aromatic heterocycles. The summed E-state index contributed by atoms with van der Waals surface area (Å²) in [6.07, 6.45) is 11.9. The number of benzene rings is 1. The van der Waals surface area contributed by atoms with Crippen molar-refractivity contribution in [3.05, 3.63) is 47.3 Å². The van der Waals surface area contributed by atoms with Crippen LogP contribution >= 0.6 is 0 Å². The third-order valence-electron chi connectivity index (χ3n) is 5.33. The molecule has 108 valence electrons. The summed E-state index contributed by atoms with van der Waals surface area (Å²) < 4.78 is 13.0. The number of rotatable bonds is 2. The molecule has 1 saturated carbocycles. The van der Waals surface area contributed by atoms with Crippen LogP contribution in [0.2, 0.25) is 0 Å². The van der Waals surface area contributed by atoms with Gasteiger partial charge in [-0.1, -0.05) is 23.8 Å². The molecule has 0 N–H and O–H groups in total. The van der Waals surface area contributed by atoms with Crippen molar-refractivity contribution in [3.63, 3.8) is 0 Å². The van der Waals surface area contributed by atoms with Crippen LogP contribution in [0.4, 0.5) is 4.39 Å². The van der Waals surface area contributed by atoms with Crippen molar-refractivity contribution in [2.75, 3.05) is 0 Å². The predicted molar refractivity (Wildman–Crippen MR) is 82.2 cm³/mol. The SMILES string of the molecule is CC1=CC(C2CCC(c3ccc(F)cc3)CC2)CCC1. The maximum atomic E-state index is 13.0. The molecule has 2 aliphatic rings. The van der Waals surface area contributed by atoms with Crippen molar-refractivity contribution < 1.29 is 4.39 Å². The highest BCUT2D eigenvalue weighted by molar-refractivity contribution is 5.21. The van der Waals surface area contributed by atoms with Crippen molar-refractivity contribution in [2.24, 2.45) is 11.8 Å². The van der Waals surface area contributed by atoms with E-state index in [0.29, 0.717) is 5.92 Å². The second kappa shape index (κ2) is 6.11. The van der Waals surface area contributed by atoms with Gasteiger partial charge in [0, 0.05) is 0 Å². The molecule has 0 spiro atoms. The van der Waals surface area contributed by atoms with Crippen LogP contribution in [0, 0.1) is 17.7 Å². The van der Waals surface area contributed by atoms with E-state index >= 15 is 0 Å². The fourth-order valence-corrected chi connectivity index (χ4v) is 4.14. The van der Waals surface area contributed by atoms with Gasteiger partial charge in [0.2, 0.25) is 0 Å². The van der Waals surface area contributed by atoms with E-state index in [2.05, 4.69) is 13.0 Å². The summed E-state index contributed by atoms with van der Waals surface area (Å²) in [6.45, 7) is 2.29. The lowest BCUT2D eigenvalue weighted by Gasteiger charge is -2.34. The lowest BCUT2D eigenvalue weighted by atomic mass is 9.71. The topological polar surface area (TPSA) is 0 Å². The summed E-state index contributed by atoms with van der Waals surface area (Å²) in [5.41, 5.74) is 2.93. The molecule has 0 bridgehead atoms. The van der Waals surface area contributed by atoms with Gasteiger partial charge in [-0.3, -0.25) is 0 Å². The van der Waals surface area contributed by atoms with Crippen LogP contribution in [0.25, 0.3) is 0 Å². The van der Waals surface area contributed by atoms with Crippen LogP contribution in [0.15, 0.2) is 35.9 Å². The Morgan fingerprint density at radius 1 is 0.950 bits per heavy atom. The molecular weight excluding hydrogens is 247 g/mol. The first-order valence-corrected chi connectivity index (χ1v) is 8.15. The maximum Gasteiger partial charge on any atom is 0.123 e. The maximum absolute atomic E-state index is 13.0. The second-order valence-corrected chi connectivity index (χ2v) is 6.73. The normalized spacial score (nSPS) is 30.9. The Bertz CT molecular complexity index is 463. The van der Waals surface area contributed by atoms with Crippen molar-refractivity contribution >= 4 is 0 Å². The molecule has 1 fully saturated rings. The third kappa shape index (κ3) is 3.13. The summed E-state index contributed by atoms with van der Waals surface area (Å²) in [6, 6.07) is 7.17. The van der Waals surface area contributed by atoms with Gasteiger partial charge in [-0.05, 0) is 87.3 Å². The minimum Gasteiger partial charge on any atom is -0.207 e. The zero-order chi connectivity index (χ0) is 13.9. The highest BCUT2D eigenvalue weighted by Gasteiger charge is 2.28. The van der Waals surface area contributed by atoms with Crippen molar-refractivity contribution in [1.82, 2.24) is 0 Å². The largest absolute Gasteiger partial charge is 0.207 e. The Hall–Kier alpha value is -1.11. The molecule has 0 aliphatic heterocycles. The van der Waals surface area contributed by atoms with Crippen LogP contribution in [-0.4, -0.2) is 0 Å². The summed E-state index contributed by atoms with van der Waals surface area (Å²) >= 11 is 0. The molecule has 0 saturated heterocycles. The first-order valence-electron chi connectivity index (χ1n) is 8.15. The quantitative estimate of drug-likeness (QED) is 0.593. The average Bonchev–Trinajstić information content (AvgIpc) is 2.48. The standard InChI is InChI=1S/C19H25F/c1-14-3-2-4-18(13-14)17-7-5-15(6-8-17)16-9-11-19(20)12-10-16/h9-13,15,17-18H,2-8H2,1H3. The van der Waals surface area contributed by atoms with Crippen LogP contribution in [-0.2, 0) is 0 Å². The zero-order valence-corrected chi connectivity index (χ0v) is 12.4. The van der Waals surface area contributed by atoms with Gasteiger partial charge in [0.25, 0.3) is 0 Å². The minimum absolute atomic E-state index is 0.120. The minimum atomic E-state index is -0.120. The van der Waals surface area contributed by atoms with E-state index in [1.54, 1.807) is 17.7 Å². The average molecular weight is 272 g/mol. The van der Waals surface area contributed by atoms with Crippen LogP contribution in [0.3, 0.4) is 0 Å². The molecule has 1 unspecified atom stereocenters. The Morgan fingerprint density at radius 3 is 2.30 bits per heavy atom. The van der Waals surface area contributed by atoms with Gasteiger partial charge in [-0.25, -0.2) is 4.39 Å². The van der Waals surface area contributed by atoms with E-state index in [0.717, 1.165) is 11.8 Å². The Morgan fingerprint density at radius 2 is 1.65 bits per heavy atom.